The molecule has 0 atom stereocenters. The lowest BCUT2D eigenvalue weighted by atomic mass is 10.2. The highest BCUT2D eigenvalue weighted by molar-refractivity contribution is 7.90. The molecule has 0 spiro atoms. The van der Waals surface area contributed by atoms with Gasteiger partial charge in [-0.3, -0.25) is 0 Å². The summed E-state index contributed by atoms with van der Waals surface area (Å²) in [5, 5.41) is 0.657. The Labute approximate surface area is 139 Å². The van der Waals surface area contributed by atoms with Gasteiger partial charge in [-0.15, -0.1) is 0 Å². The number of benzene rings is 2. The number of nitrogens with zero attached hydrogens (tertiary/aromatic N) is 3. The minimum Gasteiger partial charge on any atom is -0.355 e. The van der Waals surface area contributed by atoms with E-state index in [1.54, 1.807) is 24.3 Å². The molecule has 7 heteroatoms. The van der Waals surface area contributed by atoms with Crippen molar-refractivity contribution in [3.05, 3.63) is 60.2 Å². The van der Waals surface area contributed by atoms with E-state index in [4.69, 9.17) is 0 Å². The van der Waals surface area contributed by atoms with Gasteiger partial charge >= 0.3 is 0 Å². The fourth-order valence-corrected chi connectivity index (χ4v) is 3.14. The lowest BCUT2D eigenvalue weighted by Crippen LogP contribution is -2.18. The third-order valence-electron chi connectivity index (χ3n) is 3.71. The smallest absolute Gasteiger partial charge is 0.175 e. The average molecular weight is 345 g/mol. The number of sulfone groups is 1. The van der Waals surface area contributed by atoms with Gasteiger partial charge in [-0.05, 0) is 35.9 Å². The molecule has 124 valence electrons. The van der Waals surface area contributed by atoms with Crippen LogP contribution in [0.15, 0.2) is 53.7 Å². The Morgan fingerprint density at radius 1 is 1.08 bits per heavy atom. The van der Waals surface area contributed by atoms with Gasteiger partial charge in [-0.1, -0.05) is 12.1 Å². The molecule has 0 saturated carbocycles. The lowest BCUT2D eigenvalue weighted by Gasteiger charge is -2.20. The van der Waals surface area contributed by atoms with Crippen LogP contribution in [-0.2, 0) is 16.4 Å². The normalized spacial score (nSPS) is 11.6. The van der Waals surface area contributed by atoms with Gasteiger partial charge < -0.3 is 4.90 Å². The number of aromatic nitrogens is 2. The zero-order valence-electron chi connectivity index (χ0n) is 13.3. The van der Waals surface area contributed by atoms with Gasteiger partial charge in [-0.25, -0.2) is 22.8 Å². The highest BCUT2D eigenvalue weighted by Crippen LogP contribution is 2.26. The molecule has 1 aromatic heterocycles. The summed E-state index contributed by atoms with van der Waals surface area (Å²) < 4.78 is 36.6. The van der Waals surface area contributed by atoms with Crippen molar-refractivity contribution in [2.45, 2.75) is 11.4 Å². The van der Waals surface area contributed by atoms with Gasteiger partial charge in [0.2, 0.25) is 0 Å². The maximum atomic E-state index is 13.0. The van der Waals surface area contributed by atoms with E-state index in [0.717, 1.165) is 5.56 Å². The minimum absolute atomic E-state index is 0.223. The fraction of sp³-hybridized carbons (Fsp3) is 0.176. The molecule has 1 heterocycles. The Bertz CT molecular complexity index is 988. The minimum atomic E-state index is -3.32. The lowest BCUT2D eigenvalue weighted by molar-refractivity contribution is 0.602. The Balaban J connectivity index is 2.02. The first-order valence-corrected chi connectivity index (χ1v) is 9.14. The number of anilines is 1. The van der Waals surface area contributed by atoms with Crippen molar-refractivity contribution in [1.29, 1.82) is 0 Å². The summed E-state index contributed by atoms with van der Waals surface area (Å²) in [6.45, 7) is 0.509. The van der Waals surface area contributed by atoms with Gasteiger partial charge in [0.15, 0.2) is 9.84 Å². The van der Waals surface area contributed by atoms with Crippen LogP contribution in [0.1, 0.15) is 5.56 Å². The zero-order valence-corrected chi connectivity index (χ0v) is 14.1. The second kappa shape index (κ2) is 6.16. The van der Waals surface area contributed by atoms with Gasteiger partial charge in [0.1, 0.15) is 18.0 Å². The fourth-order valence-electron chi connectivity index (χ4n) is 2.50. The van der Waals surface area contributed by atoms with Gasteiger partial charge in [-0.2, -0.15) is 0 Å². The van der Waals surface area contributed by atoms with E-state index in [9.17, 15) is 12.8 Å². The van der Waals surface area contributed by atoms with Crippen LogP contribution in [0, 0.1) is 5.82 Å². The largest absolute Gasteiger partial charge is 0.355 e. The Kier molecular flexibility index (Phi) is 4.19. The summed E-state index contributed by atoms with van der Waals surface area (Å²) in [7, 11) is -1.47. The molecule has 0 aliphatic heterocycles. The van der Waals surface area contributed by atoms with E-state index in [0.29, 0.717) is 23.3 Å². The van der Waals surface area contributed by atoms with E-state index in [1.165, 1.54) is 30.8 Å². The molecule has 2 aromatic carbocycles. The van der Waals surface area contributed by atoms with Crippen LogP contribution in [0.3, 0.4) is 0 Å². The molecule has 0 fully saturated rings. The zero-order chi connectivity index (χ0) is 17.3. The standard InChI is InChI=1S/C17H16FN3O2S/c1-21(10-12-3-5-13(18)6-4-12)17-15-9-14(24(2,22)23)7-8-16(15)19-11-20-17/h3-9,11H,10H2,1-2H3. The molecule has 0 bridgehead atoms. The average Bonchev–Trinajstić information content (AvgIpc) is 2.55. The van der Waals surface area contributed by atoms with Crippen molar-refractivity contribution in [2.24, 2.45) is 0 Å². The van der Waals surface area contributed by atoms with E-state index >= 15 is 0 Å². The van der Waals surface area contributed by atoms with Crippen LogP contribution < -0.4 is 4.90 Å². The van der Waals surface area contributed by atoms with Gasteiger partial charge in [0.05, 0.1) is 10.4 Å². The highest BCUT2D eigenvalue weighted by Gasteiger charge is 2.13. The molecular weight excluding hydrogens is 329 g/mol. The third-order valence-corrected chi connectivity index (χ3v) is 4.82. The molecule has 0 radical (unpaired) electrons. The molecule has 0 amide bonds. The summed E-state index contributed by atoms with van der Waals surface area (Å²) in [6.07, 6.45) is 2.61. The van der Waals surface area contributed by atoms with Crippen molar-refractivity contribution < 1.29 is 12.8 Å². The first-order valence-electron chi connectivity index (χ1n) is 7.25. The summed E-state index contributed by atoms with van der Waals surface area (Å²) in [5.41, 5.74) is 1.59. The van der Waals surface area contributed by atoms with Crippen LogP contribution >= 0.6 is 0 Å². The maximum absolute atomic E-state index is 13.0. The summed E-state index contributed by atoms with van der Waals surface area (Å²) in [5.74, 6) is 0.335. The molecule has 0 unspecified atom stereocenters. The molecule has 0 saturated heterocycles. The van der Waals surface area contributed by atoms with E-state index in [2.05, 4.69) is 9.97 Å². The molecule has 0 aliphatic rings. The van der Waals surface area contributed by atoms with Gasteiger partial charge in [0.25, 0.3) is 0 Å². The maximum Gasteiger partial charge on any atom is 0.175 e. The summed E-state index contributed by atoms with van der Waals surface area (Å²) in [6, 6.07) is 11.0. The summed E-state index contributed by atoms with van der Waals surface area (Å²) in [4.78, 5) is 10.6. The van der Waals surface area contributed by atoms with Crippen molar-refractivity contribution in [2.75, 3.05) is 18.2 Å². The molecule has 3 rings (SSSR count). The SMILES string of the molecule is CN(Cc1ccc(F)cc1)c1ncnc2ccc(S(C)(=O)=O)cc12. The summed E-state index contributed by atoms with van der Waals surface area (Å²) >= 11 is 0. The van der Waals surface area contributed by atoms with Crippen LogP contribution in [0.25, 0.3) is 10.9 Å². The second-order valence-corrected chi connectivity index (χ2v) is 7.65. The van der Waals surface area contributed by atoms with Crippen molar-refractivity contribution >= 4 is 26.6 Å². The number of rotatable bonds is 4. The van der Waals surface area contributed by atoms with Crippen LogP contribution in [0.4, 0.5) is 10.2 Å². The van der Waals surface area contributed by atoms with Crippen LogP contribution in [0.5, 0.6) is 0 Å². The van der Waals surface area contributed by atoms with Crippen molar-refractivity contribution in [1.82, 2.24) is 9.97 Å². The van der Waals surface area contributed by atoms with Gasteiger partial charge in [0, 0.05) is 25.2 Å². The molecule has 5 nitrogen and oxygen atoms in total. The first-order chi connectivity index (χ1) is 11.3. The number of hydrogen-bond donors (Lipinski definition) is 0. The topological polar surface area (TPSA) is 63.2 Å². The molecule has 3 aromatic rings. The number of fused-ring (bicyclic) bond motifs is 1. The molecule has 0 aliphatic carbocycles. The predicted molar refractivity (Wildman–Crippen MR) is 91.2 cm³/mol. The highest BCUT2D eigenvalue weighted by atomic mass is 32.2. The molecular formula is C17H16FN3O2S. The van der Waals surface area contributed by atoms with Crippen molar-refractivity contribution in [3.63, 3.8) is 0 Å². The second-order valence-electron chi connectivity index (χ2n) is 5.63. The van der Waals surface area contributed by atoms with Crippen molar-refractivity contribution in [3.8, 4) is 0 Å². The predicted octanol–water partition coefficient (Wildman–Crippen LogP) is 2.81. The Hall–Kier alpha value is -2.54. The number of hydrogen-bond acceptors (Lipinski definition) is 5. The Morgan fingerprint density at radius 3 is 2.46 bits per heavy atom. The monoisotopic (exact) mass is 345 g/mol. The Morgan fingerprint density at radius 2 is 1.79 bits per heavy atom. The van der Waals surface area contributed by atoms with Crippen LogP contribution in [-0.4, -0.2) is 31.7 Å². The third kappa shape index (κ3) is 3.35. The first kappa shape index (κ1) is 16.3. The molecule has 24 heavy (non-hydrogen) atoms. The quantitative estimate of drug-likeness (QED) is 0.727. The number of halogens is 1. The van der Waals surface area contributed by atoms with E-state index in [-0.39, 0.29) is 10.7 Å². The molecule has 0 N–H and O–H groups in total. The van der Waals surface area contributed by atoms with E-state index in [1.807, 2.05) is 11.9 Å². The van der Waals surface area contributed by atoms with Crippen LogP contribution in [0.2, 0.25) is 0 Å². The van der Waals surface area contributed by atoms with E-state index < -0.39 is 9.84 Å².